The number of hydrogen-bond donors (Lipinski definition) is 0. The molecule has 1 rings (SSSR count). The zero-order chi connectivity index (χ0) is 9.19. The molecule has 0 N–H and O–H groups in total. The molecule has 0 heteroatoms. The van der Waals surface area contributed by atoms with Crippen LogP contribution in [0.15, 0.2) is 36.5 Å². The summed E-state index contributed by atoms with van der Waals surface area (Å²) in [5.74, 6) is 0. The van der Waals surface area contributed by atoms with Crippen molar-refractivity contribution < 1.29 is 0 Å². The third-order valence-electron chi connectivity index (χ3n) is 2.28. The van der Waals surface area contributed by atoms with Crippen molar-refractivity contribution in [3.05, 3.63) is 36.5 Å². The third-order valence-corrected chi connectivity index (χ3v) is 2.28. The van der Waals surface area contributed by atoms with Crippen molar-refractivity contribution in [1.82, 2.24) is 0 Å². The van der Waals surface area contributed by atoms with Crippen molar-refractivity contribution in [2.75, 3.05) is 0 Å². The molecular weight excluding hydrogens is 156 g/mol. The van der Waals surface area contributed by atoms with Crippen molar-refractivity contribution in [3.63, 3.8) is 0 Å². The maximum absolute atomic E-state index is 2.34. The molecule has 0 fully saturated rings. The molecule has 0 nitrogen and oxygen atoms in total. The lowest BCUT2D eigenvalue weighted by Crippen LogP contribution is -1.72. The summed E-state index contributed by atoms with van der Waals surface area (Å²) in [6.07, 6.45) is 22.5. The van der Waals surface area contributed by atoms with Gasteiger partial charge in [0.2, 0.25) is 0 Å². The first-order valence-electron chi connectivity index (χ1n) is 5.47. The summed E-state index contributed by atoms with van der Waals surface area (Å²) in [5, 5.41) is 0. The molecule has 72 valence electrons. The first-order chi connectivity index (χ1) is 6.50. The van der Waals surface area contributed by atoms with Crippen molar-refractivity contribution in [2.45, 2.75) is 44.9 Å². The Balaban J connectivity index is 2.28. The summed E-state index contributed by atoms with van der Waals surface area (Å²) in [6, 6.07) is 0. The average Bonchev–Trinajstić information content (AvgIpc) is 2.18. The Morgan fingerprint density at radius 1 is 0.462 bits per heavy atom. The second kappa shape index (κ2) is 7.85. The molecule has 0 aromatic rings. The van der Waals surface area contributed by atoms with Crippen molar-refractivity contribution in [3.8, 4) is 0 Å². The van der Waals surface area contributed by atoms with Crippen LogP contribution in [0.3, 0.4) is 0 Å². The molecule has 0 saturated heterocycles. The summed E-state index contributed by atoms with van der Waals surface area (Å²) in [4.78, 5) is 0. The lowest BCUT2D eigenvalue weighted by atomic mass is 10.1. The van der Waals surface area contributed by atoms with Gasteiger partial charge in [0, 0.05) is 0 Å². The van der Waals surface area contributed by atoms with Crippen LogP contribution < -0.4 is 0 Å². The molecule has 0 aromatic carbocycles. The molecule has 13 heavy (non-hydrogen) atoms. The van der Waals surface area contributed by atoms with Crippen LogP contribution in [0.2, 0.25) is 0 Å². The smallest absolute Gasteiger partial charge is 0.0345 e. The van der Waals surface area contributed by atoms with E-state index in [4.69, 9.17) is 0 Å². The molecule has 0 amide bonds. The van der Waals surface area contributed by atoms with Gasteiger partial charge in [-0.15, -0.1) is 0 Å². The number of rotatable bonds is 0. The lowest BCUT2D eigenvalue weighted by molar-refractivity contribution is 0.759. The van der Waals surface area contributed by atoms with Gasteiger partial charge < -0.3 is 0 Å². The maximum Gasteiger partial charge on any atom is -0.0345 e. The minimum atomic E-state index is 1.22. The monoisotopic (exact) mass is 176 g/mol. The van der Waals surface area contributed by atoms with Gasteiger partial charge in [-0.25, -0.2) is 0 Å². The second-order valence-corrected chi connectivity index (χ2v) is 3.54. The van der Waals surface area contributed by atoms with Crippen molar-refractivity contribution >= 4 is 0 Å². The van der Waals surface area contributed by atoms with Gasteiger partial charge in [0.1, 0.15) is 0 Å². The Morgan fingerprint density at radius 3 is 1.62 bits per heavy atom. The van der Waals surface area contributed by atoms with E-state index in [2.05, 4.69) is 36.5 Å². The maximum atomic E-state index is 2.34. The summed E-state index contributed by atoms with van der Waals surface area (Å²) in [5.41, 5.74) is 0. The summed E-state index contributed by atoms with van der Waals surface area (Å²) in [7, 11) is 0. The van der Waals surface area contributed by atoms with Crippen LogP contribution in [0.5, 0.6) is 0 Å². The largest absolute Gasteiger partial charge is 0.0885 e. The van der Waals surface area contributed by atoms with E-state index in [1.807, 2.05) is 0 Å². The quantitative estimate of drug-likeness (QED) is 0.480. The van der Waals surface area contributed by atoms with Crippen LogP contribution in [0.1, 0.15) is 44.9 Å². The van der Waals surface area contributed by atoms with Gasteiger partial charge in [0.05, 0.1) is 0 Å². The van der Waals surface area contributed by atoms with Gasteiger partial charge in [-0.1, -0.05) is 36.5 Å². The minimum Gasteiger partial charge on any atom is -0.0885 e. The number of hydrogen-bond acceptors (Lipinski definition) is 0. The normalized spacial score (nSPS) is 25.2. The SMILES string of the molecule is C1=CCCCC/C=C/CCC/C=C\1. The highest BCUT2D eigenvalue weighted by molar-refractivity contribution is 5.02. The molecule has 0 heterocycles. The van der Waals surface area contributed by atoms with Gasteiger partial charge >= 0.3 is 0 Å². The van der Waals surface area contributed by atoms with Crippen LogP contribution >= 0.6 is 0 Å². The van der Waals surface area contributed by atoms with Crippen LogP contribution in [0.4, 0.5) is 0 Å². The molecule has 0 saturated carbocycles. The Morgan fingerprint density at radius 2 is 0.923 bits per heavy atom. The fourth-order valence-corrected chi connectivity index (χ4v) is 1.46. The number of allylic oxidation sites excluding steroid dienone is 6. The fraction of sp³-hybridized carbons (Fsp3) is 0.538. The molecule has 1 aliphatic rings. The zero-order valence-corrected chi connectivity index (χ0v) is 8.41. The van der Waals surface area contributed by atoms with E-state index < -0.39 is 0 Å². The average molecular weight is 176 g/mol. The highest BCUT2D eigenvalue weighted by Crippen LogP contribution is 2.05. The fourth-order valence-electron chi connectivity index (χ4n) is 1.46. The van der Waals surface area contributed by atoms with Crippen LogP contribution in [0, 0.1) is 0 Å². The Bertz CT molecular complexity index is 184. The summed E-state index contributed by atoms with van der Waals surface area (Å²) in [6.45, 7) is 0. The standard InChI is InChI=1S/C13H20/c1-2-4-6-8-10-12-13-11-9-7-5-3-1/h1-4,11,13H,5-10,12H2/b3-1-,4-2?,13-11+. The lowest BCUT2D eigenvalue weighted by Gasteiger charge is -1.92. The van der Waals surface area contributed by atoms with E-state index in [1.54, 1.807) is 0 Å². The van der Waals surface area contributed by atoms with Gasteiger partial charge in [-0.2, -0.15) is 0 Å². The molecule has 0 aliphatic heterocycles. The van der Waals surface area contributed by atoms with Gasteiger partial charge in [-0.05, 0) is 44.9 Å². The summed E-state index contributed by atoms with van der Waals surface area (Å²) >= 11 is 0. The van der Waals surface area contributed by atoms with E-state index in [9.17, 15) is 0 Å². The van der Waals surface area contributed by atoms with Gasteiger partial charge in [0.25, 0.3) is 0 Å². The highest BCUT2D eigenvalue weighted by atomic mass is 13.9. The van der Waals surface area contributed by atoms with Gasteiger partial charge in [0.15, 0.2) is 0 Å². The summed E-state index contributed by atoms with van der Waals surface area (Å²) < 4.78 is 0. The van der Waals surface area contributed by atoms with Crippen molar-refractivity contribution in [2.24, 2.45) is 0 Å². The predicted octanol–water partition coefficient (Wildman–Crippen LogP) is 4.40. The minimum absolute atomic E-state index is 1.22. The molecule has 0 spiro atoms. The molecule has 1 aliphatic carbocycles. The second-order valence-electron chi connectivity index (χ2n) is 3.54. The first kappa shape index (κ1) is 10.3. The van der Waals surface area contributed by atoms with Crippen molar-refractivity contribution in [1.29, 1.82) is 0 Å². The molecule has 0 atom stereocenters. The van der Waals surface area contributed by atoms with E-state index in [0.29, 0.717) is 0 Å². The molecule has 0 unspecified atom stereocenters. The van der Waals surface area contributed by atoms with Crippen LogP contribution in [0.25, 0.3) is 0 Å². The topological polar surface area (TPSA) is 0 Å². The predicted molar refractivity (Wildman–Crippen MR) is 59.7 cm³/mol. The molecule has 0 radical (unpaired) electrons. The molecular formula is C13H20. The van der Waals surface area contributed by atoms with E-state index >= 15 is 0 Å². The molecule has 0 aromatic heterocycles. The van der Waals surface area contributed by atoms with E-state index in [1.165, 1.54) is 44.9 Å². The van der Waals surface area contributed by atoms with E-state index in [-0.39, 0.29) is 0 Å². The van der Waals surface area contributed by atoms with Crippen LogP contribution in [-0.2, 0) is 0 Å². The Labute approximate surface area is 82.0 Å². The van der Waals surface area contributed by atoms with E-state index in [0.717, 1.165) is 0 Å². The zero-order valence-electron chi connectivity index (χ0n) is 8.41. The Kier molecular flexibility index (Phi) is 6.22. The van der Waals surface area contributed by atoms with Crippen LogP contribution in [-0.4, -0.2) is 0 Å². The molecule has 0 bridgehead atoms. The first-order valence-corrected chi connectivity index (χ1v) is 5.47. The third kappa shape index (κ3) is 6.39. The highest BCUT2D eigenvalue weighted by Gasteiger charge is 1.85. The van der Waals surface area contributed by atoms with Gasteiger partial charge in [-0.3, -0.25) is 0 Å². The Hall–Kier alpha value is -0.780.